The van der Waals surface area contributed by atoms with E-state index >= 15 is 0 Å². The van der Waals surface area contributed by atoms with E-state index in [0.717, 1.165) is 22.0 Å². The molecule has 0 aliphatic carbocycles. The average Bonchev–Trinajstić information content (AvgIpc) is 3.32. The molecule has 0 bridgehead atoms. The quantitative estimate of drug-likeness (QED) is 0.571. The highest BCUT2D eigenvalue weighted by Crippen LogP contribution is 2.32. The van der Waals surface area contributed by atoms with Gasteiger partial charge in [-0.25, -0.2) is 4.98 Å². The van der Waals surface area contributed by atoms with Gasteiger partial charge in [0.25, 0.3) is 0 Å². The van der Waals surface area contributed by atoms with Crippen LogP contribution in [0.5, 0.6) is 5.75 Å². The molecule has 2 N–H and O–H groups in total. The lowest BCUT2D eigenvalue weighted by molar-refractivity contribution is -0.115. The minimum absolute atomic E-state index is 0.0933. The van der Waals surface area contributed by atoms with Crippen LogP contribution in [0, 0.1) is 0 Å². The molecule has 1 amide bonds. The number of anilines is 1. The van der Waals surface area contributed by atoms with Gasteiger partial charge in [0, 0.05) is 28.9 Å². The molecule has 6 heteroatoms. The molecule has 4 rings (SSSR count). The standard InChI is InChI=1S/C20H17N3O3/c1-25-18-9-14(6-7-16(18)19-11-21-12-26-19)23-20(24)8-13-10-22-17-5-3-2-4-15(13)17/h2-7,9-12,22H,8H2,1H3,(H,23,24). The van der Waals surface area contributed by atoms with Gasteiger partial charge in [0.15, 0.2) is 12.2 Å². The fourth-order valence-electron chi connectivity index (χ4n) is 2.98. The number of benzene rings is 2. The molecule has 0 saturated carbocycles. The minimum Gasteiger partial charge on any atom is -0.496 e. The number of ether oxygens (including phenoxy) is 1. The number of carbonyl (C=O) groups excluding carboxylic acids is 1. The molecular formula is C20H17N3O3. The number of rotatable bonds is 5. The number of oxazole rings is 1. The number of H-pyrrole nitrogens is 1. The summed E-state index contributed by atoms with van der Waals surface area (Å²) in [5.41, 5.74) is 3.42. The molecular weight excluding hydrogens is 330 g/mol. The highest BCUT2D eigenvalue weighted by molar-refractivity contribution is 5.96. The third kappa shape index (κ3) is 3.04. The summed E-state index contributed by atoms with van der Waals surface area (Å²) in [7, 11) is 1.58. The third-order valence-corrected chi connectivity index (χ3v) is 4.21. The van der Waals surface area contributed by atoms with Crippen molar-refractivity contribution in [3.63, 3.8) is 0 Å². The van der Waals surface area contributed by atoms with Crippen LogP contribution >= 0.6 is 0 Å². The normalized spacial score (nSPS) is 10.8. The summed E-state index contributed by atoms with van der Waals surface area (Å²) in [5, 5.41) is 3.97. The number of hydrogen-bond acceptors (Lipinski definition) is 4. The van der Waals surface area contributed by atoms with E-state index in [-0.39, 0.29) is 12.3 Å². The van der Waals surface area contributed by atoms with Crippen molar-refractivity contribution in [3.8, 4) is 17.1 Å². The second-order valence-corrected chi connectivity index (χ2v) is 5.87. The first-order valence-electron chi connectivity index (χ1n) is 8.16. The summed E-state index contributed by atoms with van der Waals surface area (Å²) in [6.45, 7) is 0. The fraction of sp³-hybridized carbons (Fsp3) is 0.100. The van der Waals surface area contributed by atoms with Crippen LogP contribution < -0.4 is 10.1 Å². The number of amides is 1. The van der Waals surface area contributed by atoms with Crippen molar-refractivity contribution in [3.05, 3.63) is 66.8 Å². The first kappa shape index (κ1) is 16.0. The maximum absolute atomic E-state index is 12.4. The van der Waals surface area contributed by atoms with Crippen molar-refractivity contribution in [1.82, 2.24) is 9.97 Å². The summed E-state index contributed by atoms with van der Waals surface area (Å²) in [6, 6.07) is 13.3. The van der Waals surface area contributed by atoms with Gasteiger partial charge in [0.05, 0.1) is 25.3 Å². The van der Waals surface area contributed by atoms with Gasteiger partial charge in [-0.15, -0.1) is 0 Å². The molecule has 0 aliphatic rings. The maximum Gasteiger partial charge on any atom is 0.228 e. The van der Waals surface area contributed by atoms with E-state index in [1.54, 1.807) is 19.4 Å². The predicted octanol–water partition coefficient (Wildman–Crippen LogP) is 4.01. The molecule has 2 aromatic carbocycles. The number of nitrogens with zero attached hydrogens (tertiary/aromatic N) is 1. The Balaban J connectivity index is 1.52. The van der Waals surface area contributed by atoms with E-state index in [9.17, 15) is 4.79 Å². The Morgan fingerprint density at radius 2 is 2.15 bits per heavy atom. The van der Waals surface area contributed by atoms with Crippen molar-refractivity contribution in [2.24, 2.45) is 0 Å². The van der Waals surface area contributed by atoms with Crippen molar-refractivity contribution < 1.29 is 13.9 Å². The molecule has 0 spiro atoms. The molecule has 0 saturated heterocycles. The maximum atomic E-state index is 12.4. The highest BCUT2D eigenvalue weighted by Gasteiger charge is 2.13. The third-order valence-electron chi connectivity index (χ3n) is 4.21. The van der Waals surface area contributed by atoms with Crippen LogP contribution in [0.15, 0.2) is 65.7 Å². The average molecular weight is 347 g/mol. The van der Waals surface area contributed by atoms with Crippen LogP contribution in [0.1, 0.15) is 5.56 Å². The molecule has 26 heavy (non-hydrogen) atoms. The van der Waals surface area contributed by atoms with E-state index < -0.39 is 0 Å². The molecule has 0 atom stereocenters. The van der Waals surface area contributed by atoms with Gasteiger partial charge in [-0.1, -0.05) is 18.2 Å². The Bertz CT molecular complexity index is 1050. The lowest BCUT2D eigenvalue weighted by Crippen LogP contribution is -2.14. The van der Waals surface area contributed by atoms with Crippen molar-refractivity contribution in [2.45, 2.75) is 6.42 Å². The SMILES string of the molecule is COc1cc(NC(=O)Cc2c[nH]c3ccccc23)ccc1-c1cnco1. The smallest absolute Gasteiger partial charge is 0.228 e. The summed E-state index contributed by atoms with van der Waals surface area (Å²) in [6.07, 6.45) is 5.15. The Kier molecular flexibility index (Phi) is 4.15. The number of methoxy groups -OCH3 is 1. The van der Waals surface area contributed by atoms with Gasteiger partial charge >= 0.3 is 0 Å². The Labute approximate surface area is 149 Å². The van der Waals surface area contributed by atoms with Crippen molar-refractivity contribution >= 4 is 22.5 Å². The Morgan fingerprint density at radius 3 is 2.96 bits per heavy atom. The van der Waals surface area contributed by atoms with Gasteiger partial charge in [0.2, 0.25) is 5.91 Å². The first-order valence-corrected chi connectivity index (χ1v) is 8.16. The zero-order valence-electron chi connectivity index (χ0n) is 14.2. The van der Waals surface area contributed by atoms with Gasteiger partial charge in [0.1, 0.15) is 5.75 Å². The zero-order valence-corrected chi connectivity index (χ0v) is 14.2. The predicted molar refractivity (Wildman–Crippen MR) is 99.1 cm³/mol. The van der Waals surface area contributed by atoms with Crippen molar-refractivity contribution in [1.29, 1.82) is 0 Å². The summed E-state index contributed by atoms with van der Waals surface area (Å²) >= 11 is 0. The van der Waals surface area contributed by atoms with E-state index in [1.807, 2.05) is 42.6 Å². The molecule has 130 valence electrons. The van der Waals surface area contributed by atoms with E-state index in [2.05, 4.69) is 15.3 Å². The molecule has 2 heterocycles. The number of hydrogen-bond donors (Lipinski definition) is 2. The first-order chi connectivity index (χ1) is 12.7. The Morgan fingerprint density at radius 1 is 1.27 bits per heavy atom. The zero-order chi connectivity index (χ0) is 17.9. The number of aromatic amines is 1. The van der Waals surface area contributed by atoms with Crippen LogP contribution in [-0.2, 0) is 11.2 Å². The molecule has 0 fully saturated rings. The van der Waals surface area contributed by atoms with E-state index in [0.29, 0.717) is 17.2 Å². The molecule has 6 nitrogen and oxygen atoms in total. The number of nitrogens with one attached hydrogen (secondary N) is 2. The molecule has 2 aromatic heterocycles. The van der Waals surface area contributed by atoms with Crippen LogP contribution in [-0.4, -0.2) is 23.0 Å². The minimum atomic E-state index is -0.0933. The largest absolute Gasteiger partial charge is 0.496 e. The Hall–Kier alpha value is -3.54. The number of fused-ring (bicyclic) bond motifs is 1. The van der Waals surface area contributed by atoms with E-state index in [4.69, 9.17) is 9.15 Å². The molecule has 0 aliphatic heterocycles. The fourth-order valence-corrected chi connectivity index (χ4v) is 2.98. The summed E-state index contributed by atoms with van der Waals surface area (Å²) < 4.78 is 10.7. The van der Waals surface area contributed by atoms with Crippen LogP contribution in [0.2, 0.25) is 0 Å². The number of para-hydroxylation sites is 1. The second kappa shape index (κ2) is 6.76. The summed E-state index contributed by atoms with van der Waals surface area (Å²) in [5.74, 6) is 1.12. The van der Waals surface area contributed by atoms with E-state index in [1.165, 1.54) is 6.39 Å². The van der Waals surface area contributed by atoms with Gasteiger partial charge in [-0.2, -0.15) is 0 Å². The number of carbonyl (C=O) groups is 1. The molecule has 4 aromatic rings. The van der Waals surface area contributed by atoms with Gasteiger partial charge < -0.3 is 19.5 Å². The van der Waals surface area contributed by atoms with Gasteiger partial charge in [-0.3, -0.25) is 4.79 Å². The lowest BCUT2D eigenvalue weighted by Gasteiger charge is -2.10. The van der Waals surface area contributed by atoms with Gasteiger partial charge in [-0.05, 0) is 23.8 Å². The monoisotopic (exact) mass is 347 g/mol. The summed E-state index contributed by atoms with van der Waals surface area (Å²) in [4.78, 5) is 19.5. The van der Waals surface area contributed by atoms with Crippen LogP contribution in [0.3, 0.4) is 0 Å². The lowest BCUT2D eigenvalue weighted by atomic mass is 10.1. The van der Waals surface area contributed by atoms with Crippen LogP contribution in [0.4, 0.5) is 5.69 Å². The highest BCUT2D eigenvalue weighted by atomic mass is 16.5. The van der Waals surface area contributed by atoms with Crippen molar-refractivity contribution in [2.75, 3.05) is 12.4 Å². The van der Waals surface area contributed by atoms with Crippen LogP contribution in [0.25, 0.3) is 22.2 Å². The molecule has 0 unspecified atom stereocenters. The molecule has 0 radical (unpaired) electrons. The number of aromatic nitrogens is 2. The second-order valence-electron chi connectivity index (χ2n) is 5.87. The topological polar surface area (TPSA) is 80.1 Å².